The normalized spacial score (nSPS) is 15.7. The lowest BCUT2D eigenvalue weighted by Crippen LogP contribution is -2.35. The number of hydrogen-bond donors (Lipinski definition) is 1. The number of nitrogens with one attached hydrogen (secondary N) is 1. The summed E-state index contributed by atoms with van der Waals surface area (Å²) in [6.45, 7) is 6.54. The molecule has 2 aliphatic rings. The van der Waals surface area contributed by atoms with Gasteiger partial charge in [-0.1, -0.05) is 54.6 Å². The van der Waals surface area contributed by atoms with Crippen molar-refractivity contribution in [3.05, 3.63) is 114 Å². The van der Waals surface area contributed by atoms with E-state index >= 15 is 0 Å². The summed E-state index contributed by atoms with van der Waals surface area (Å²) in [5.41, 5.74) is 3.98. The van der Waals surface area contributed by atoms with Gasteiger partial charge in [-0.15, -0.1) is 0 Å². The van der Waals surface area contributed by atoms with E-state index in [-0.39, 0.29) is 16.8 Å². The van der Waals surface area contributed by atoms with Gasteiger partial charge in [0.2, 0.25) is 0 Å². The molecule has 1 fully saturated rings. The van der Waals surface area contributed by atoms with Gasteiger partial charge in [0.25, 0.3) is 15.9 Å². The lowest BCUT2D eigenvalue weighted by molar-refractivity contribution is -0.131. The standard InChI is InChI=1S/C36H38N4O5S/c1-3-37-35-33(29-12-6-4-5-7-13-29)15-9-16-34(35)46(43,44)38-31-19-17-30(18-20-31)36(42)40-22-10-21-39(23-24-40)26-28-11-8-14-32(25-28)45-27(2)41/h3-9,11-12,14-20,25,38H,10,13,21-24,26H2,1-2H3. The number of aliphatic imine (C=N–C) groups is 1. The molecule has 1 N–H and O–H groups in total. The Morgan fingerprint density at radius 3 is 2.54 bits per heavy atom. The number of allylic oxidation sites excluding steroid dienone is 6. The van der Waals surface area contributed by atoms with E-state index in [9.17, 15) is 18.0 Å². The molecule has 1 heterocycles. The van der Waals surface area contributed by atoms with Gasteiger partial charge in [0.05, 0.1) is 5.69 Å². The molecule has 0 aromatic heterocycles. The second-order valence-corrected chi connectivity index (χ2v) is 12.7. The van der Waals surface area contributed by atoms with E-state index < -0.39 is 10.0 Å². The smallest absolute Gasteiger partial charge is 0.308 e. The minimum Gasteiger partial charge on any atom is -0.427 e. The van der Waals surface area contributed by atoms with Crippen LogP contribution in [0.15, 0.2) is 107 Å². The zero-order chi connectivity index (χ0) is 32.5. The number of para-hydroxylation sites is 1. The Labute approximate surface area is 270 Å². The number of esters is 1. The minimum atomic E-state index is -3.99. The fourth-order valence-electron chi connectivity index (χ4n) is 5.57. The van der Waals surface area contributed by atoms with Crippen molar-refractivity contribution in [1.82, 2.24) is 9.80 Å². The first kappa shape index (κ1) is 32.6. The summed E-state index contributed by atoms with van der Waals surface area (Å²) in [5, 5.41) is 0. The van der Waals surface area contributed by atoms with E-state index in [1.54, 1.807) is 55.6 Å². The minimum absolute atomic E-state index is 0.0774. The summed E-state index contributed by atoms with van der Waals surface area (Å²) < 4.78 is 35.1. The molecule has 0 unspecified atom stereocenters. The van der Waals surface area contributed by atoms with Crippen molar-refractivity contribution < 1.29 is 22.7 Å². The molecule has 0 spiro atoms. The Morgan fingerprint density at radius 2 is 1.76 bits per heavy atom. The zero-order valence-electron chi connectivity index (χ0n) is 26.1. The molecular formula is C36H38N4O5S. The molecule has 1 amide bonds. The summed E-state index contributed by atoms with van der Waals surface area (Å²) in [4.78, 5) is 33.4. The van der Waals surface area contributed by atoms with Crippen LogP contribution in [0.2, 0.25) is 0 Å². The Hall–Kier alpha value is -4.80. The van der Waals surface area contributed by atoms with Crippen molar-refractivity contribution in [2.75, 3.05) is 30.9 Å². The molecule has 5 rings (SSSR count). The number of ether oxygens (including phenoxy) is 1. The monoisotopic (exact) mass is 638 g/mol. The molecule has 0 radical (unpaired) electrons. The first-order valence-corrected chi connectivity index (χ1v) is 16.8. The molecule has 0 saturated carbocycles. The quantitative estimate of drug-likeness (QED) is 0.166. The Bertz CT molecular complexity index is 1810. The first-order chi connectivity index (χ1) is 22.2. The number of rotatable bonds is 9. The maximum atomic E-state index is 13.6. The average molecular weight is 639 g/mol. The second-order valence-electron chi connectivity index (χ2n) is 11.1. The number of carbonyl (C=O) groups excluding carboxylic acids is 2. The van der Waals surface area contributed by atoms with Gasteiger partial charge in [0.1, 0.15) is 10.6 Å². The topological polar surface area (TPSA) is 108 Å². The molecule has 1 saturated heterocycles. The van der Waals surface area contributed by atoms with E-state index in [2.05, 4.69) is 14.6 Å². The van der Waals surface area contributed by atoms with Crippen LogP contribution in [0.25, 0.3) is 5.57 Å². The van der Waals surface area contributed by atoms with Crippen LogP contribution in [0.3, 0.4) is 0 Å². The van der Waals surface area contributed by atoms with Gasteiger partial charge in [-0.2, -0.15) is 0 Å². The number of anilines is 1. The van der Waals surface area contributed by atoms with Crippen LogP contribution in [0, 0.1) is 0 Å². The molecule has 238 valence electrons. The highest BCUT2D eigenvalue weighted by atomic mass is 32.2. The predicted molar refractivity (Wildman–Crippen MR) is 182 cm³/mol. The van der Waals surface area contributed by atoms with Crippen LogP contribution < -0.4 is 9.46 Å². The van der Waals surface area contributed by atoms with Crippen molar-refractivity contribution in [2.24, 2.45) is 4.99 Å². The van der Waals surface area contributed by atoms with Crippen LogP contribution in [0.5, 0.6) is 5.75 Å². The van der Waals surface area contributed by atoms with Crippen molar-refractivity contribution in [2.45, 2.75) is 38.1 Å². The number of amides is 1. The molecule has 1 aliphatic heterocycles. The zero-order valence-corrected chi connectivity index (χ0v) is 26.9. The number of hydrogen-bond acceptors (Lipinski definition) is 7. The van der Waals surface area contributed by atoms with E-state index in [0.717, 1.165) is 29.7 Å². The van der Waals surface area contributed by atoms with E-state index in [4.69, 9.17) is 4.74 Å². The maximum absolute atomic E-state index is 13.6. The summed E-state index contributed by atoms with van der Waals surface area (Å²) in [6, 6.07) is 19.2. The summed E-state index contributed by atoms with van der Waals surface area (Å²) in [6.07, 6.45) is 12.9. The van der Waals surface area contributed by atoms with E-state index in [0.29, 0.717) is 55.3 Å². The number of carbonyl (C=O) groups is 2. The number of nitrogens with zero attached hydrogens (tertiary/aromatic N) is 3. The number of sulfonamides is 1. The lowest BCUT2D eigenvalue weighted by atomic mass is 10.0. The highest BCUT2D eigenvalue weighted by Crippen LogP contribution is 2.36. The van der Waals surface area contributed by atoms with Crippen LogP contribution in [0.1, 0.15) is 48.2 Å². The summed E-state index contributed by atoms with van der Waals surface area (Å²) in [5.74, 6) is 0.0696. The molecule has 9 nitrogen and oxygen atoms in total. The SMILES string of the molecule is CC=Nc1c(C2=CC=CC=CC2)cccc1S(=O)(=O)Nc1ccc(C(=O)N2CCCN(Cc3cccc(OC(C)=O)c3)CC2)cc1. The molecular weight excluding hydrogens is 600 g/mol. The van der Waals surface area contributed by atoms with Crippen LogP contribution in [-0.4, -0.2) is 62.5 Å². The van der Waals surface area contributed by atoms with Gasteiger partial charge < -0.3 is 9.64 Å². The van der Waals surface area contributed by atoms with Gasteiger partial charge in [0, 0.05) is 62.7 Å². The number of benzene rings is 3. The van der Waals surface area contributed by atoms with Crippen LogP contribution >= 0.6 is 0 Å². The van der Waals surface area contributed by atoms with Gasteiger partial charge >= 0.3 is 5.97 Å². The molecule has 0 bridgehead atoms. The molecule has 1 aliphatic carbocycles. The Morgan fingerprint density at radius 1 is 0.957 bits per heavy atom. The average Bonchev–Trinajstić information content (AvgIpc) is 3.45. The first-order valence-electron chi connectivity index (χ1n) is 15.3. The van der Waals surface area contributed by atoms with Crippen LogP contribution in [-0.2, 0) is 21.4 Å². The maximum Gasteiger partial charge on any atom is 0.308 e. The van der Waals surface area contributed by atoms with Gasteiger partial charge in [-0.25, -0.2) is 8.42 Å². The fraction of sp³-hybridized carbons (Fsp3) is 0.250. The summed E-state index contributed by atoms with van der Waals surface area (Å²) >= 11 is 0. The van der Waals surface area contributed by atoms with Gasteiger partial charge in [-0.3, -0.25) is 24.2 Å². The van der Waals surface area contributed by atoms with Gasteiger partial charge in [-0.05, 0) is 73.4 Å². The van der Waals surface area contributed by atoms with Crippen molar-refractivity contribution in [3.8, 4) is 5.75 Å². The second kappa shape index (κ2) is 15.0. The highest BCUT2D eigenvalue weighted by Gasteiger charge is 2.24. The molecule has 10 heteroatoms. The van der Waals surface area contributed by atoms with Crippen molar-refractivity contribution in [1.29, 1.82) is 0 Å². The third-order valence-corrected chi connectivity index (χ3v) is 9.13. The van der Waals surface area contributed by atoms with Gasteiger partial charge in [0.15, 0.2) is 0 Å². The molecule has 46 heavy (non-hydrogen) atoms. The molecule has 3 aromatic rings. The van der Waals surface area contributed by atoms with Crippen LogP contribution in [0.4, 0.5) is 11.4 Å². The van der Waals surface area contributed by atoms with Crippen molar-refractivity contribution >= 4 is 45.1 Å². The lowest BCUT2D eigenvalue weighted by Gasteiger charge is -2.22. The predicted octanol–water partition coefficient (Wildman–Crippen LogP) is 6.38. The largest absolute Gasteiger partial charge is 0.427 e. The van der Waals surface area contributed by atoms with E-state index in [1.807, 2.05) is 59.5 Å². The fourth-order valence-corrected chi connectivity index (χ4v) is 6.81. The Kier molecular flexibility index (Phi) is 10.6. The highest BCUT2D eigenvalue weighted by molar-refractivity contribution is 7.92. The van der Waals surface area contributed by atoms with E-state index in [1.165, 1.54) is 6.92 Å². The molecule has 0 atom stereocenters. The third-order valence-electron chi connectivity index (χ3n) is 7.71. The Balaban J connectivity index is 1.24. The summed E-state index contributed by atoms with van der Waals surface area (Å²) in [7, 11) is -3.99. The van der Waals surface area contributed by atoms with Crippen molar-refractivity contribution in [3.63, 3.8) is 0 Å². The third kappa shape index (κ3) is 8.26. The molecule has 3 aromatic carbocycles.